The fourth-order valence-corrected chi connectivity index (χ4v) is 7.13. The number of hydrogen-bond donors (Lipinski definition) is 6. The summed E-state index contributed by atoms with van der Waals surface area (Å²) < 4.78 is 44.6. The second-order valence-corrected chi connectivity index (χ2v) is 17.2. The number of H-pyrrole nitrogens is 2. The van der Waals surface area contributed by atoms with Crippen molar-refractivity contribution in [1.29, 1.82) is 0 Å². The molecule has 24 heteroatoms. The van der Waals surface area contributed by atoms with Crippen LogP contribution in [0.5, 0.6) is 11.5 Å². The number of amides is 2. The summed E-state index contributed by atoms with van der Waals surface area (Å²) in [7, 11) is -1.83. The Hall–Kier alpha value is -6.28. The summed E-state index contributed by atoms with van der Waals surface area (Å²) in [5.41, 5.74) is -0.131. The van der Waals surface area contributed by atoms with Crippen LogP contribution in [-0.2, 0) is 28.2 Å². The molecule has 0 aliphatic carbocycles. The number of ether oxygens (including phenoxy) is 2. The van der Waals surface area contributed by atoms with E-state index >= 15 is 0 Å². The molecule has 22 nitrogen and oxygen atoms in total. The molecule has 2 aliphatic rings. The van der Waals surface area contributed by atoms with Crippen LogP contribution in [-0.4, -0.2) is 92.1 Å². The topological polar surface area (TPSA) is 297 Å². The van der Waals surface area contributed by atoms with Crippen molar-refractivity contribution >= 4 is 62.8 Å². The van der Waals surface area contributed by atoms with E-state index in [1.54, 1.807) is 52.0 Å². The third-order valence-corrected chi connectivity index (χ3v) is 10.8. The lowest BCUT2D eigenvalue weighted by Crippen LogP contribution is -2.23. The lowest BCUT2D eigenvalue weighted by Gasteiger charge is -2.16. The molecular formula is C43H55N10O12P2+. The van der Waals surface area contributed by atoms with Crippen molar-refractivity contribution in [3.8, 4) is 11.5 Å². The first-order valence-electron chi connectivity index (χ1n) is 21.4. The monoisotopic (exact) mass is 965 g/mol. The van der Waals surface area contributed by atoms with Gasteiger partial charge in [-0.2, -0.15) is 9.97 Å². The molecule has 7 atom stereocenters. The molecule has 6 N–H and O–H groups in total. The Bertz CT molecular complexity index is 2580. The van der Waals surface area contributed by atoms with Crippen LogP contribution >= 0.6 is 16.7 Å². The number of carbonyl (C=O) groups excluding carboxylic acids is 2. The van der Waals surface area contributed by atoms with Gasteiger partial charge in [-0.1, -0.05) is 77.9 Å². The fourth-order valence-electron chi connectivity index (χ4n) is 6.51. The number of aliphatic hydroxyl groups is 2. The number of nitrogens with one attached hydrogen (secondary N) is 4. The number of carbonyl (C=O) groups is 2. The van der Waals surface area contributed by atoms with Crippen molar-refractivity contribution in [2.24, 2.45) is 11.8 Å². The van der Waals surface area contributed by atoms with E-state index < -0.39 is 43.8 Å². The standard InChI is InChI=1S/2C15H21N5O4.C7H8O2P.C6H5O2P/c2*1-4-8-5-9(21)14(24-8)20-6-16-10-11(20)17-15(19-13(10)23)18-12(22)7(2)3;1-10(8)9-7-5-3-2-4-6-7;7-9-8-6-4-2-1-3-5-6/h2*6-9,14,21H,4-5H2,1-3H3,(H2,17,18,19,22,23);2-6H,1H3;1-5H/q;;+1;/t2*8-,9+,14-;;/m11../s1. The number of aromatic amines is 2. The van der Waals surface area contributed by atoms with E-state index in [9.17, 15) is 38.5 Å². The maximum absolute atomic E-state index is 12.2. The van der Waals surface area contributed by atoms with E-state index in [-0.39, 0.29) is 78.8 Å². The van der Waals surface area contributed by atoms with Gasteiger partial charge in [-0.25, -0.2) is 14.5 Å². The van der Waals surface area contributed by atoms with Crippen molar-refractivity contribution in [2.75, 3.05) is 17.3 Å². The minimum atomic E-state index is -1.53. The van der Waals surface area contributed by atoms with Gasteiger partial charge in [-0.15, -0.1) is 0 Å². The summed E-state index contributed by atoms with van der Waals surface area (Å²) in [6, 6.07) is 18.1. The first-order chi connectivity index (χ1) is 32.0. The van der Waals surface area contributed by atoms with Crippen molar-refractivity contribution in [3.63, 3.8) is 0 Å². The van der Waals surface area contributed by atoms with Crippen LogP contribution in [0.2, 0.25) is 0 Å². The second kappa shape index (κ2) is 24.5. The Morgan fingerprint density at radius 2 is 1.16 bits per heavy atom. The molecule has 0 spiro atoms. The van der Waals surface area contributed by atoms with E-state index in [2.05, 4.69) is 45.1 Å². The molecular weight excluding hydrogens is 910 g/mol. The van der Waals surface area contributed by atoms with Crippen LogP contribution in [0.25, 0.3) is 22.3 Å². The summed E-state index contributed by atoms with van der Waals surface area (Å²) in [6.45, 7) is 12.5. The number of benzene rings is 2. The maximum atomic E-state index is 12.2. The molecule has 2 aromatic carbocycles. The number of aromatic nitrogens is 8. The third kappa shape index (κ3) is 14.1. The maximum Gasteiger partial charge on any atom is 0.552 e. The molecule has 1 unspecified atom stereocenters. The number of rotatable bonds is 12. The number of fused-ring (bicyclic) bond motifs is 2. The quantitative estimate of drug-likeness (QED) is 0.0738. The van der Waals surface area contributed by atoms with Gasteiger partial charge in [0.25, 0.3) is 11.1 Å². The number of aliphatic hydroxyl groups excluding tert-OH is 2. The van der Waals surface area contributed by atoms with Gasteiger partial charge in [0.05, 0.1) is 24.9 Å². The van der Waals surface area contributed by atoms with Gasteiger partial charge >= 0.3 is 16.7 Å². The normalized spacial score (nSPS) is 20.0. The Kier molecular flexibility index (Phi) is 18.9. The van der Waals surface area contributed by atoms with Crippen molar-refractivity contribution in [1.82, 2.24) is 39.0 Å². The van der Waals surface area contributed by atoms with Gasteiger partial charge in [0.15, 0.2) is 47.2 Å². The highest BCUT2D eigenvalue weighted by molar-refractivity contribution is 7.38. The predicted molar refractivity (Wildman–Crippen MR) is 248 cm³/mol. The van der Waals surface area contributed by atoms with Crippen molar-refractivity contribution < 1.29 is 47.5 Å². The zero-order valence-electron chi connectivity index (χ0n) is 37.9. The Balaban J connectivity index is 0.000000182. The summed E-state index contributed by atoms with van der Waals surface area (Å²) in [5.74, 6) is 0.362. The molecule has 2 aliphatic heterocycles. The fraction of sp³-hybridized carbons (Fsp3) is 0.442. The third-order valence-electron chi connectivity index (χ3n) is 10.0. The molecule has 6 heterocycles. The van der Waals surface area contributed by atoms with E-state index in [0.29, 0.717) is 24.3 Å². The van der Waals surface area contributed by atoms with E-state index in [0.717, 1.165) is 12.8 Å². The number of imidazole rings is 2. The summed E-state index contributed by atoms with van der Waals surface area (Å²) in [4.78, 5) is 69.6. The molecule has 0 bridgehead atoms. The van der Waals surface area contributed by atoms with E-state index in [1.807, 2.05) is 50.2 Å². The number of hydrogen-bond acceptors (Lipinski definition) is 16. The van der Waals surface area contributed by atoms with Gasteiger partial charge in [0.1, 0.15) is 18.0 Å². The molecule has 67 heavy (non-hydrogen) atoms. The number of nitrogens with zero attached hydrogens (tertiary/aromatic N) is 6. The van der Waals surface area contributed by atoms with Gasteiger partial charge in [0, 0.05) is 24.7 Å². The van der Waals surface area contributed by atoms with Crippen molar-refractivity contribution in [3.05, 3.63) is 94.0 Å². The predicted octanol–water partition coefficient (Wildman–Crippen LogP) is 6.25. The van der Waals surface area contributed by atoms with Crippen molar-refractivity contribution in [2.45, 2.75) is 104 Å². The molecule has 2 fully saturated rings. The Morgan fingerprint density at radius 1 is 0.761 bits per heavy atom. The van der Waals surface area contributed by atoms with E-state index in [4.69, 9.17) is 14.0 Å². The molecule has 8 rings (SSSR count). The summed E-state index contributed by atoms with van der Waals surface area (Å²) >= 11 is 0. The average Bonchev–Trinajstić information content (AvgIpc) is 4.10. The molecule has 358 valence electrons. The number of para-hydroxylation sites is 2. The molecule has 0 radical (unpaired) electrons. The zero-order chi connectivity index (χ0) is 48.8. The molecule has 2 saturated heterocycles. The Labute approximate surface area is 387 Å². The van der Waals surface area contributed by atoms with Crippen LogP contribution in [0.1, 0.15) is 79.7 Å². The van der Waals surface area contributed by atoms with Gasteiger partial charge < -0.3 is 24.2 Å². The lowest BCUT2D eigenvalue weighted by atomic mass is 10.1. The molecule has 2 amide bonds. The van der Waals surface area contributed by atoms with E-state index in [1.165, 1.54) is 28.5 Å². The minimum Gasteiger partial charge on any atom is -0.408 e. The van der Waals surface area contributed by atoms with Crippen LogP contribution in [0.15, 0.2) is 82.9 Å². The van der Waals surface area contributed by atoms with Gasteiger partial charge in [-0.05, 0) is 41.7 Å². The van der Waals surface area contributed by atoms with Crippen LogP contribution in [0.3, 0.4) is 0 Å². The molecule has 4 aromatic heterocycles. The lowest BCUT2D eigenvalue weighted by molar-refractivity contribution is -0.119. The molecule has 6 aromatic rings. The zero-order valence-corrected chi connectivity index (χ0v) is 39.7. The largest absolute Gasteiger partial charge is 0.552 e. The smallest absolute Gasteiger partial charge is 0.408 e. The first kappa shape index (κ1) is 51.7. The van der Waals surface area contributed by atoms with Crippen LogP contribution < -0.4 is 30.8 Å². The summed E-state index contributed by atoms with van der Waals surface area (Å²) in [5, 5.41) is 25.6. The van der Waals surface area contributed by atoms with Crippen LogP contribution in [0.4, 0.5) is 11.9 Å². The highest BCUT2D eigenvalue weighted by Crippen LogP contribution is 2.33. The average molecular weight is 966 g/mol. The second-order valence-electron chi connectivity index (χ2n) is 15.8. The Morgan fingerprint density at radius 3 is 1.51 bits per heavy atom. The minimum absolute atomic E-state index is 0.0486. The highest BCUT2D eigenvalue weighted by atomic mass is 31.1. The SMILES string of the molecule is CC[C@@H]1C[C@H](O)[C@H](n2cnc3c(=O)[nH]c(NC(=O)C(C)C)nc32)O1.CC[C@@H]1C[C@H](O)[C@H](n2cnc3c(=O)[nH]c(NC(=O)C(C)C)nc32)O1.C[P+](=O)Oc1ccccc1.O=POc1ccccc1. The molecule has 0 saturated carbocycles. The highest BCUT2D eigenvalue weighted by Gasteiger charge is 2.37. The van der Waals surface area contributed by atoms with Gasteiger partial charge in [-0.3, -0.25) is 53.4 Å². The summed E-state index contributed by atoms with van der Waals surface area (Å²) in [6.07, 6.45) is 2.62. The number of anilines is 2. The first-order valence-corrected chi connectivity index (χ1v) is 23.8. The van der Waals surface area contributed by atoms with Gasteiger partial charge in [0.2, 0.25) is 23.7 Å². The van der Waals surface area contributed by atoms with Crippen LogP contribution in [0, 0.1) is 11.8 Å².